The summed E-state index contributed by atoms with van der Waals surface area (Å²) in [6.07, 6.45) is 4.96. The molecule has 4 rings (SSSR count). The molecule has 8 nitrogen and oxygen atoms in total. The van der Waals surface area contributed by atoms with Gasteiger partial charge in [0.1, 0.15) is 29.5 Å². The molecule has 0 unspecified atom stereocenters. The summed E-state index contributed by atoms with van der Waals surface area (Å²) in [5.74, 6) is 2.92. The van der Waals surface area contributed by atoms with Crippen LogP contribution >= 0.6 is 0 Å². The number of aromatic nitrogens is 4. The van der Waals surface area contributed by atoms with Gasteiger partial charge in [0.05, 0.1) is 0 Å². The Morgan fingerprint density at radius 1 is 1.03 bits per heavy atom. The fraction of sp³-hybridized carbons (Fsp3) is 0.130. The van der Waals surface area contributed by atoms with Crippen LogP contribution in [0.4, 0.5) is 5.69 Å². The third-order valence-electron chi connectivity index (χ3n) is 4.51. The molecular weight excluding hydrogens is 394 g/mol. The van der Waals surface area contributed by atoms with Crippen LogP contribution in [-0.4, -0.2) is 32.0 Å². The summed E-state index contributed by atoms with van der Waals surface area (Å²) >= 11 is 0. The number of hydrogen-bond donors (Lipinski definition) is 1. The second kappa shape index (κ2) is 9.08. The number of para-hydroxylation sites is 1. The third-order valence-corrected chi connectivity index (χ3v) is 4.51. The first-order valence-corrected chi connectivity index (χ1v) is 9.67. The zero-order valence-electron chi connectivity index (χ0n) is 17.1. The molecule has 0 aliphatic carbocycles. The van der Waals surface area contributed by atoms with Crippen molar-refractivity contribution in [2.45, 2.75) is 13.8 Å². The number of nitrogens with zero attached hydrogens (tertiary/aromatic N) is 4. The van der Waals surface area contributed by atoms with Crippen LogP contribution < -0.4 is 14.8 Å². The highest BCUT2D eigenvalue weighted by Crippen LogP contribution is 2.23. The average Bonchev–Trinajstić information content (AvgIpc) is 3.21. The van der Waals surface area contributed by atoms with E-state index in [1.54, 1.807) is 36.5 Å². The van der Waals surface area contributed by atoms with Gasteiger partial charge in [-0.25, -0.2) is 15.0 Å². The molecule has 0 aliphatic rings. The number of amides is 1. The minimum Gasteiger partial charge on any atom is -0.483 e. The number of rotatable bonds is 7. The maximum absolute atomic E-state index is 12.2. The van der Waals surface area contributed by atoms with E-state index in [0.29, 0.717) is 28.9 Å². The van der Waals surface area contributed by atoms with Crippen LogP contribution in [0, 0.1) is 13.8 Å². The highest BCUT2D eigenvalue weighted by atomic mass is 16.5. The Hall–Kier alpha value is -4.20. The van der Waals surface area contributed by atoms with Crippen molar-refractivity contribution in [1.29, 1.82) is 0 Å². The number of benzene rings is 2. The molecule has 156 valence electrons. The summed E-state index contributed by atoms with van der Waals surface area (Å²) in [6.45, 7) is 3.76. The number of aryl methyl sites for hydroxylation is 2. The van der Waals surface area contributed by atoms with E-state index in [4.69, 9.17) is 9.47 Å². The molecule has 2 aromatic heterocycles. The van der Waals surface area contributed by atoms with E-state index in [2.05, 4.69) is 20.3 Å². The average molecular weight is 415 g/mol. The molecule has 8 heteroatoms. The van der Waals surface area contributed by atoms with E-state index in [0.717, 1.165) is 11.4 Å². The summed E-state index contributed by atoms with van der Waals surface area (Å²) < 4.78 is 13.2. The van der Waals surface area contributed by atoms with Crippen molar-refractivity contribution < 1.29 is 14.3 Å². The molecule has 0 saturated carbocycles. The number of carbonyl (C=O) groups is 1. The summed E-state index contributed by atoms with van der Waals surface area (Å²) in [6, 6.07) is 16.3. The van der Waals surface area contributed by atoms with Crippen LogP contribution in [0.5, 0.6) is 17.4 Å². The minimum absolute atomic E-state index is 0.0690. The van der Waals surface area contributed by atoms with Gasteiger partial charge in [-0.1, -0.05) is 18.2 Å². The van der Waals surface area contributed by atoms with Gasteiger partial charge in [-0.15, -0.1) is 0 Å². The molecule has 2 heterocycles. The molecule has 31 heavy (non-hydrogen) atoms. The number of carbonyl (C=O) groups excluding carboxylic acids is 1. The van der Waals surface area contributed by atoms with Gasteiger partial charge in [0.15, 0.2) is 6.61 Å². The Balaban J connectivity index is 1.35. The van der Waals surface area contributed by atoms with Gasteiger partial charge < -0.3 is 14.8 Å². The highest BCUT2D eigenvalue weighted by Gasteiger charge is 2.08. The first-order chi connectivity index (χ1) is 15.1. The van der Waals surface area contributed by atoms with Crippen molar-refractivity contribution in [1.82, 2.24) is 19.5 Å². The smallest absolute Gasteiger partial charge is 0.262 e. The van der Waals surface area contributed by atoms with Gasteiger partial charge in [-0.05, 0) is 49.7 Å². The maximum Gasteiger partial charge on any atom is 0.262 e. The first-order valence-electron chi connectivity index (χ1n) is 9.67. The van der Waals surface area contributed by atoms with Crippen LogP contribution in [-0.2, 0) is 4.79 Å². The topological polar surface area (TPSA) is 91.2 Å². The first kappa shape index (κ1) is 20.1. The number of nitrogens with one attached hydrogen (secondary N) is 1. The van der Waals surface area contributed by atoms with E-state index < -0.39 is 0 Å². The predicted molar refractivity (Wildman–Crippen MR) is 116 cm³/mol. The third kappa shape index (κ3) is 5.05. The standard InChI is InChI=1S/C23H21N5O3/c1-16-5-3-4-6-20(16)30-14-22(29)27-18-7-9-19(10-8-18)31-23-13-21(25-15-26-23)28-12-11-24-17(28)2/h3-13,15H,14H2,1-2H3,(H,27,29). The lowest BCUT2D eigenvalue weighted by molar-refractivity contribution is -0.118. The molecule has 0 bridgehead atoms. The maximum atomic E-state index is 12.2. The van der Waals surface area contributed by atoms with Crippen LogP contribution in [0.1, 0.15) is 11.4 Å². The zero-order chi connectivity index (χ0) is 21.6. The molecule has 4 aromatic rings. The van der Waals surface area contributed by atoms with Crippen molar-refractivity contribution in [3.8, 4) is 23.2 Å². The van der Waals surface area contributed by atoms with Gasteiger partial charge in [-0.3, -0.25) is 9.36 Å². The number of ether oxygens (including phenoxy) is 2. The van der Waals surface area contributed by atoms with Gasteiger partial charge in [0.2, 0.25) is 5.88 Å². The van der Waals surface area contributed by atoms with Crippen molar-refractivity contribution in [3.63, 3.8) is 0 Å². The van der Waals surface area contributed by atoms with Crippen molar-refractivity contribution in [2.24, 2.45) is 0 Å². The van der Waals surface area contributed by atoms with Crippen molar-refractivity contribution >= 4 is 11.6 Å². The monoisotopic (exact) mass is 415 g/mol. The summed E-state index contributed by atoms with van der Waals surface area (Å²) in [5.41, 5.74) is 1.62. The van der Waals surface area contributed by atoms with E-state index in [9.17, 15) is 4.79 Å². The van der Waals surface area contributed by atoms with Crippen LogP contribution in [0.15, 0.2) is 73.3 Å². The molecule has 1 amide bonds. The van der Waals surface area contributed by atoms with E-state index in [-0.39, 0.29) is 12.5 Å². The number of hydrogen-bond acceptors (Lipinski definition) is 6. The zero-order valence-corrected chi connectivity index (χ0v) is 17.1. The molecule has 0 atom stereocenters. The molecule has 0 fully saturated rings. The fourth-order valence-electron chi connectivity index (χ4n) is 2.92. The molecule has 0 radical (unpaired) electrons. The second-order valence-corrected chi connectivity index (χ2v) is 6.79. The van der Waals surface area contributed by atoms with Gasteiger partial charge in [0.25, 0.3) is 5.91 Å². The van der Waals surface area contributed by atoms with Crippen molar-refractivity contribution in [2.75, 3.05) is 11.9 Å². The largest absolute Gasteiger partial charge is 0.483 e. The normalized spacial score (nSPS) is 10.5. The summed E-state index contributed by atoms with van der Waals surface area (Å²) in [5, 5.41) is 2.80. The SMILES string of the molecule is Cc1ccccc1OCC(=O)Nc1ccc(Oc2cc(-n3ccnc3C)ncn2)cc1. The van der Waals surface area contributed by atoms with E-state index >= 15 is 0 Å². The minimum atomic E-state index is -0.243. The van der Waals surface area contributed by atoms with Gasteiger partial charge in [-0.2, -0.15) is 0 Å². The molecule has 1 N–H and O–H groups in total. The predicted octanol–water partition coefficient (Wildman–Crippen LogP) is 4.09. The van der Waals surface area contributed by atoms with E-state index in [1.165, 1.54) is 6.33 Å². The van der Waals surface area contributed by atoms with Gasteiger partial charge in [0, 0.05) is 24.1 Å². The highest BCUT2D eigenvalue weighted by molar-refractivity contribution is 5.91. The van der Waals surface area contributed by atoms with E-state index in [1.807, 2.05) is 48.9 Å². The quantitative estimate of drug-likeness (QED) is 0.489. The Morgan fingerprint density at radius 2 is 1.84 bits per heavy atom. The molecule has 0 saturated heterocycles. The fourth-order valence-corrected chi connectivity index (χ4v) is 2.92. The number of anilines is 1. The lowest BCUT2D eigenvalue weighted by atomic mass is 10.2. The lowest BCUT2D eigenvalue weighted by Gasteiger charge is -2.10. The van der Waals surface area contributed by atoms with Crippen LogP contribution in [0.3, 0.4) is 0 Å². The molecule has 0 spiro atoms. The van der Waals surface area contributed by atoms with Crippen LogP contribution in [0.25, 0.3) is 5.82 Å². The lowest BCUT2D eigenvalue weighted by Crippen LogP contribution is -2.20. The molecule has 0 aliphatic heterocycles. The Labute approximate surface area is 179 Å². The Kier molecular flexibility index (Phi) is 5.89. The number of imidazole rings is 1. The van der Waals surface area contributed by atoms with Crippen molar-refractivity contribution in [3.05, 3.63) is 84.7 Å². The summed E-state index contributed by atoms with van der Waals surface area (Å²) in [4.78, 5) is 24.8. The Morgan fingerprint density at radius 3 is 2.58 bits per heavy atom. The second-order valence-electron chi connectivity index (χ2n) is 6.79. The van der Waals surface area contributed by atoms with Gasteiger partial charge >= 0.3 is 0 Å². The molecular formula is C23H21N5O3. The molecule has 2 aromatic carbocycles. The Bertz CT molecular complexity index is 1190. The van der Waals surface area contributed by atoms with Crippen LogP contribution in [0.2, 0.25) is 0 Å². The summed E-state index contributed by atoms with van der Waals surface area (Å²) in [7, 11) is 0.